The zero-order valence-corrected chi connectivity index (χ0v) is 16.2. The molecule has 0 spiro atoms. The molecular weight excluding hydrogens is 380 g/mol. The third-order valence-corrected chi connectivity index (χ3v) is 4.62. The second-order valence-electron chi connectivity index (χ2n) is 6.95. The maximum absolute atomic E-state index is 13.0. The van der Waals surface area contributed by atoms with Crippen molar-refractivity contribution >= 4 is 23.3 Å². The highest BCUT2D eigenvalue weighted by atomic mass is 16.6. The van der Waals surface area contributed by atoms with Gasteiger partial charge in [-0.25, -0.2) is 0 Å². The zero-order valence-electron chi connectivity index (χ0n) is 16.2. The molecule has 0 aliphatic carbocycles. The number of rotatable bonds is 7. The van der Waals surface area contributed by atoms with E-state index in [1.165, 1.54) is 23.1 Å². The number of nitrogens with one attached hydrogen (secondary N) is 1. The number of carbonyl (C=O) groups excluding carboxylic acids is 2. The first-order valence-corrected chi connectivity index (χ1v) is 9.22. The molecule has 1 aromatic carbocycles. The van der Waals surface area contributed by atoms with Crippen LogP contribution in [0.15, 0.2) is 28.8 Å². The molecule has 29 heavy (non-hydrogen) atoms. The first-order valence-electron chi connectivity index (χ1n) is 9.22. The van der Waals surface area contributed by atoms with Gasteiger partial charge in [0.2, 0.25) is 5.91 Å². The lowest BCUT2D eigenvalue weighted by atomic mass is 10.1. The number of amides is 2. The van der Waals surface area contributed by atoms with Gasteiger partial charge in [-0.15, -0.1) is 0 Å². The van der Waals surface area contributed by atoms with Crippen LogP contribution in [0.1, 0.15) is 34.5 Å². The van der Waals surface area contributed by atoms with Crippen molar-refractivity contribution in [3.8, 4) is 0 Å². The molecule has 1 aliphatic rings. The molecule has 1 N–H and O–H groups in total. The summed E-state index contributed by atoms with van der Waals surface area (Å²) in [7, 11) is 0. The maximum atomic E-state index is 13.0. The van der Waals surface area contributed by atoms with Gasteiger partial charge in [0.25, 0.3) is 11.6 Å². The second kappa shape index (κ2) is 8.82. The Hall–Kier alpha value is -3.27. The maximum Gasteiger partial charge on any atom is 0.273 e. The van der Waals surface area contributed by atoms with Gasteiger partial charge in [-0.2, -0.15) is 0 Å². The average Bonchev–Trinajstić information content (AvgIpc) is 3.32. The molecule has 2 heterocycles. The van der Waals surface area contributed by atoms with E-state index in [1.807, 2.05) is 0 Å². The van der Waals surface area contributed by atoms with E-state index in [4.69, 9.17) is 9.26 Å². The van der Waals surface area contributed by atoms with Crippen LogP contribution < -0.4 is 5.32 Å². The zero-order chi connectivity index (χ0) is 21.0. The molecule has 3 rings (SSSR count). The summed E-state index contributed by atoms with van der Waals surface area (Å²) < 4.78 is 10.5. The molecule has 1 fully saturated rings. The summed E-state index contributed by atoms with van der Waals surface area (Å²) in [6, 6.07) is 5.84. The summed E-state index contributed by atoms with van der Waals surface area (Å²) in [5.41, 5.74) is 0.456. The highest BCUT2D eigenvalue weighted by Crippen LogP contribution is 2.21. The smallest absolute Gasteiger partial charge is 0.273 e. The summed E-state index contributed by atoms with van der Waals surface area (Å²) in [5.74, 6) is -0.135. The van der Waals surface area contributed by atoms with Crippen LogP contribution >= 0.6 is 0 Å². The normalized spacial score (nSPS) is 15.9. The van der Waals surface area contributed by atoms with E-state index in [2.05, 4.69) is 10.5 Å². The molecule has 1 atom stereocenters. The van der Waals surface area contributed by atoms with Crippen molar-refractivity contribution in [2.75, 3.05) is 25.0 Å². The van der Waals surface area contributed by atoms with Crippen LogP contribution in [-0.2, 0) is 9.53 Å². The van der Waals surface area contributed by atoms with Gasteiger partial charge in [-0.1, -0.05) is 11.2 Å². The lowest BCUT2D eigenvalue weighted by molar-refractivity contribution is -0.385. The van der Waals surface area contributed by atoms with Crippen LogP contribution in [0.25, 0.3) is 0 Å². The Labute approximate surface area is 166 Å². The van der Waals surface area contributed by atoms with Gasteiger partial charge < -0.3 is 19.5 Å². The van der Waals surface area contributed by atoms with Crippen LogP contribution in [0.5, 0.6) is 0 Å². The van der Waals surface area contributed by atoms with Gasteiger partial charge in [-0.3, -0.25) is 19.7 Å². The van der Waals surface area contributed by atoms with E-state index in [0.29, 0.717) is 17.9 Å². The second-order valence-corrected chi connectivity index (χ2v) is 6.95. The molecule has 0 saturated carbocycles. The molecule has 154 valence electrons. The van der Waals surface area contributed by atoms with E-state index in [0.717, 1.165) is 12.8 Å². The number of anilines is 1. The number of nitro benzene ring substituents is 1. The van der Waals surface area contributed by atoms with E-state index >= 15 is 0 Å². The van der Waals surface area contributed by atoms with E-state index in [-0.39, 0.29) is 36.3 Å². The molecule has 0 unspecified atom stereocenters. The predicted octanol–water partition coefficient (Wildman–Crippen LogP) is 2.46. The van der Waals surface area contributed by atoms with Crippen molar-refractivity contribution < 1.29 is 23.8 Å². The SMILES string of the molecule is Cc1cc(NC(=O)CN(C[C@H]2CCCO2)C(=O)c2ccc(C)c([N+](=O)[O-])c2)no1. The van der Waals surface area contributed by atoms with Crippen molar-refractivity contribution in [3.05, 3.63) is 51.3 Å². The minimum absolute atomic E-state index is 0.143. The predicted molar refractivity (Wildman–Crippen MR) is 103 cm³/mol. The molecule has 10 heteroatoms. The minimum atomic E-state index is -0.532. The largest absolute Gasteiger partial charge is 0.376 e. The van der Waals surface area contributed by atoms with Crippen molar-refractivity contribution in [2.45, 2.75) is 32.8 Å². The van der Waals surface area contributed by atoms with Crippen LogP contribution in [0.4, 0.5) is 11.5 Å². The first kappa shape index (κ1) is 20.5. The average molecular weight is 402 g/mol. The molecule has 1 aliphatic heterocycles. The molecule has 10 nitrogen and oxygen atoms in total. The third-order valence-electron chi connectivity index (χ3n) is 4.62. The fourth-order valence-corrected chi connectivity index (χ4v) is 3.16. The highest BCUT2D eigenvalue weighted by molar-refractivity contribution is 5.99. The van der Waals surface area contributed by atoms with Gasteiger partial charge in [0.1, 0.15) is 12.3 Å². The number of hydrogen-bond acceptors (Lipinski definition) is 7. The van der Waals surface area contributed by atoms with Gasteiger partial charge >= 0.3 is 0 Å². The van der Waals surface area contributed by atoms with E-state index in [1.54, 1.807) is 19.9 Å². The molecular formula is C19H22N4O6. The fraction of sp³-hybridized carbons (Fsp3) is 0.421. The molecule has 2 aromatic rings. The first-order chi connectivity index (χ1) is 13.8. The standard InChI is InChI=1S/C19H22N4O6/c1-12-5-6-14(9-16(12)23(26)27)19(25)22(10-15-4-3-7-28-15)11-18(24)20-17-8-13(2)29-21-17/h5-6,8-9,15H,3-4,7,10-11H2,1-2H3,(H,20,21,24)/t15-/m1/s1. The van der Waals surface area contributed by atoms with Gasteiger partial charge in [0, 0.05) is 36.4 Å². The number of aryl methyl sites for hydroxylation is 2. The van der Waals surface area contributed by atoms with Crippen LogP contribution in [0.3, 0.4) is 0 Å². The number of carbonyl (C=O) groups is 2. The topological polar surface area (TPSA) is 128 Å². The molecule has 1 aromatic heterocycles. The number of ether oxygens (including phenoxy) is 1. The number of nitrogens with zero attached hydrogens (tertiary/aromatic N) is 3. The minimum Gasteiger partial charge on any atom is -0.376 e. The fourth-order valence-electron chi connectivity index (χ4n) is 3.16. The lowest BCUT2D eigenvalue weighted by Crippen LogP contribution is -2.42. The highest BCUT2D eigenvalue weighted by Gasteiger charge is 2.27. The molecule has 2 amide bonds. The van der Waals surface area contributed by atoms with Crippen LogP contribution in [0, 0.1) is 24.0 Å². The molecule has 1 saturated heterocycles. The summed E-state index contributed by atoms with van der Waals surface area (Å²) in [6.45, 7) is 3.87. The Kier molecular flexibility index (Phi) is 6.23. The Balaban J connectivity index is 1.78. The Morgan fingerprint density at radius 1 is 1.34 bits per heavy atom. The van der Waals surface area contributed by atoms with Crippen molar-refractivity contribution in [1.29, 1.82) is 0 Å². The summed E-state index contributed by atoms with van der Waals surface area (Å²) in [6.07, 6.45) is 1.48. The summed E-state index contributed by atoms with van der Waals surface area (Å²) >= 11 is 0. The van der Waals surface area contributed by atoms with Gasteiger partial charge in [0.15, 0.2) is 5.82 Å². The van der Waals surface area contributed by atoms with Crippen molar-refractivity contribution in [2.24, 2.45) is 0 Å². The van der Waals surface area contributed by atoms with E-state index < -0.39 is 16.7 Å². The summed E-state index contributed by atoms with van der Waals surface area (Å²) in [4.78, 5) is 37.5. The van der Waals surface area contributed by atoms with Gasteiger partial charge in [-0.05, 0) is 32.8 Å². The Morgan fingerprint density at radius 2 is 2.14 bits per heavy atom. The van der Waals surface area contributed by atoms with Crippen molar-refractivity contribution in [1.82, 2.24) is 10.1 Å². The van der Waals surface area contributed by atoms with E-state index in [9.17, 15) is 19.7 Å². The number of benzene rings is 1. The van der Waals surface area contributed by atoms with Crippen LogP contribution in [0.2, 0.25) is 0 Å². The monoisotopic (exact) mass is 402 g/mol. The molecule has 0 bridgehead atoms. The quantitative estimate of drug-likeness (QED) is 0.556. The Morgan fingerprint density at radius 3 is 2.76 bits per heavy atom. The lowest BCUT2D eigenvalue weighted by Gasteiger charge is -2.25. The third kappa shape index (κ3) is 5.17. The van der Waals surface area contributed by atoms with Crippen LogP contribution in [-0.4, -0.2) is 52.6 Å². The summed E-state index contributed by atoms with van der Waals surface area (Å²) in [5, 5.41) is 17.5. The van der Waals surface area contributed by atoms with Crippen molar-refractivity contribution in [3.63, 3.8) is 0 Å². The number of hydrogen-bond donors (Lipinski definition) is 1. The van der Waals surface area contributed by atoms with Gasteiger partial charge in [0.05, 0.1) is 11.0 Å². The Bertz CT molecular complexity index is 919. The number of nitro groups is 1. The molecule has 0 radical (unpaired) electrons. The number of aromatic nitrogens is 1.